The van der Waals surface area contributed by atoms with Gasteiger partial charge in [0.2, 0.25) is 0 Å². The molecule has 0 saturated heterocycles. The summed E-state index contributed by atoms with van der Waals surface area (Å²) in [6.07, 6.45) is 0. The molecule has 0 fully saturated rings. The van der Waals surface area contributed by atoms with Gasteiger partial charge >= 0.3 is 0 Å². The average molecular weight is 208 g/mol. The van der Waals surface area contributed by atoms with E-state index in [2.05, 4.69) is 0 Å². The van der Waals surface area contributed by atoms with Gasteiger partial charge in [-0.05, 0) is 24.2 Å². The molecule has 0 bridgehead atoms. The van der Waals surface area contributed by atoms with Crippen LogP contribution in [0.5, 0.6) is 0 Å². The standard InChI is InChI=1S/C8H20O4Si/c9-1-5-13(6-2-10,7-3-11)8-4-12/h9-12H,1-8H2. The molecule has 0 aliphatic rings. The molecule has 0 aromatic carbocycles. The van der Waals surface area contributed by atoms with E-state index >= 15 is 0 Å². The van der Waals surface area contributed by atoms with E-state index in [0.29, 0.717) is 24.2 Å². The molecule has 0 aromatic rings. The molecule has 4 nitrogen and oxygen atoms in total. The third kappa shape index (κ3) is 4.73. The summed E-state index contributed by atoms with van der Waals surface area (Å²) in [6.45, 7) is 0.358. The highest BCUT2D eigenvalue weighted by Gasteiger charge is 2.30. The molecule has 0 rings (SSSR count). The summed E-state index contributed by atoms with van der Waals surface area (Å²) in [5.74, 6) is 0. The van der Waals surface area contributed by atoms with Crippen molar-refractivity contribution in [1.82, 2.24) is 0 Å². The van der Waals surface area contributed by atoms with Crippen molar-refractivity contribution in [3.05, 3.63) is 0 Å². The second kappa shape index (κ2) is 7.46. The van der Waals surface area contributed by atoms with Crippen LogP contribution in [0.15, 0.2) is 0 Å². The monoisotopic (exact) mass is 208 g/mol. The van der Waals surface area contributed by atoms with Gasteiger partial charge in [-0.15, -0.1) is 0 Å². The lowest BCUT2D eigenvalue weighted by Gasteiger charge is -2.29. The second-order valence-electron chi connectivity index (χ2n) is 3.39. The Labute approximate surface area is 79.9 Å². The predicted octanol–water partition coefficient (Wildman–Crippen LogP) is -0.596. The van der Waals surface area contributed by atoms with E-state index in [1.165, 1.54) is 0 Å². The summed E-state index contributed by atoms with van der Waals surface area (Å²) in [5.41, 5.74) is 0. The van der Waals surface area contributed by atoms with E-state index in [1.54, 1.807) is 0 Å². The Balaban J connectivity index is 4.19. The number of aliphatic hydroxyl groups excluding tert-OH is 4. The van der Waals surface area contributed by atoms with E-state index in [0.717, 1.165) is 0 Å². The molecule has 0 saturated carbocycles. The fourth-order valence-corrected chi connectivity index (χ4v) is 5.10. The molecule has 13 heavy (non-hydrogen) atoms. The van der Waals surface area contributed by atoms with Gasteiger partial charge in [-0.1, -0.05) is 0 Å². The zero-order chi connectivity index (χ0) is 10.2. The van der Waals surface area contributed by atoms with Crippen molar-refractivity contribution in [2.75, 3.05) is 26.4 Å². The summed E-state index contributed by atoms with van der Waals surface area (Å²) in [5, 5.41) is 35.5. The lowest BCUT2D eigenvalue weighted by atomic mass is 10.8. The molecule has 0 spiro atoms. The molecule has 0 aliphatic carbocycles. The zero-order valence-corrected chi connectivity index (χ0v) is 8.95. The van der Waals surface area contributed by atoms with Crippen LogP contribution >= 0.6 is 0 Å². The smallest absolute Gasteiger partial charge is 0.0626 e. The number of rotatable bonds is 8. The zero-order valence-electron chi connectivity index (χ0n) is 7.95. The van der Waals surface area contributed by atoms with E-state index in [1.807, 2.05) is 0 Å². The van der Waals surface area contributed by atoms with Crippen LogP contribution in [-0.4, -0.2) is 54.9 Å². The van der Waals surface area contributed by atoms with Crippen LogP contribution in [0.1, 0.15) is 0 Å². The summed E-state index contributed by atoms with van der Waals surface area (Å²) < 4.78 is 0. The van der Waals surface area contributed by atoms with E-state index in [9.17, 15) is 0 Å². The number of aliphatic hydroxyl groups is 4. The van der Waals surface area contributed by atoms with Crippen LogP contribution in [-0.2, 0) is 0 Å². The molecule has 5 heteroatoms. The second-order valence-corrected chi connectivity index (χ2v) is 8.39. The van der Waals surface area contributed by atoms with E-state index in [-0.39, 0.29) is 26.4 Å². The molecule has 0 heterocycles. The van der Waals surface area contributed by atoms with Crippen LogP contribution in [0.3, 0.4) is 0 Å². The van der Waals surface area contributed by atoms with Crippen molar-refractivity contribution >= 4 is 8.07 Å². The van der Waals surface area contributed by atoms with Gasteiger partial charge in [0.1, 0.15) is 0 Å². The SMILES string of the molecule is OCC[Si](CCO)(CCO)CCO. The fraction of sp³-hybridized carbons (Fsp3) is 1.00. The summed E-state index contributed by atoms with van der Waals surface area (Å²) >= 11 is 0. The van der Waals surface area contributed by atoms with E-state index < -0.39 is 8.07 Å². The van der Waals surface area contributed by atoms with Crippen molar-refractivity contribution in [1.29, 1.82) is 0 Å². The number of hydrogen-bond acceptors (Lipinski definition) is 4. The van der Waals surface area contributed by atoms with Gasteiger partial charge in [-0.25, -0.2) is 0 Å². The Hall–Kier alpha value is 0.0569. The molecule has 4 N–H and O–H groups in total. The van der Waals surface area contributed by atoms with E-state index in [4.69, 9.17) is 20.4 Å². The molecule has 0 atom stereocenters. The minimum atomic E-state index is -1.80. The Morgan fingerprint density at radius 1 is 0.538 bits per heavy atom. The summed E-state index contributed by atoms with van der Waals surface area (Å²) in [7, 11) is -1.80. The molecule has 0 aliphatic heterocycles. The Bertz CT molecular complexity index is 91.2. The van der Waals surface area contributed by atoms with Gasteiger partial charge in [0.25, 0.3) is 0 Å². The summed E-state index contributed by atoms with van der Waals surface area (Å²) in [6, 6.07) is 2.65. The Kier molecular flexibility index (Phi) is 7.49. The minimum Gasteiger partial charge on any atom is -0.397 e. The maximum Gasteiger partial charge on any atom is 0.0626 e. The molecule has 0 unspecified atom stereocenters. The van der Waals surface area contributed by atoms with Crippen molar-refractivity contribution < 1.29 is 20.4 Å². The van der Waals surface area contributed by atoms with Gasteiger partial charge in [0, 0.05) is 26.4 Å². The third-order valence-corrected chi connectivity index (χ3v) is 7.71. The highest BCUT2D eigenvalue weighted by molar-refractivity contribution is 6.80. The van der Waals surface area contributed by atoms with Gasteiger partial charge in [0.15, 0.2) is 0 Å². The van der Waals surface area contributed by atoms with Gasteiger partial charge in [-0.3, -0.25) is 0 Å². The predicted molar refractivity (Wildman–Crippen MR) is 53.3 cm³/mol. The fourth-order valence-electron chi connectivity index (χ4n) is 1.70. The van der Waals surface area contributed by atoms with Crippen molar-refractivity contribution in [2.24, 2.45) is 0 Å². The highest BCUT2D eigenvalue weighted by Crippen LogP contribution is 2.24. The maximum atomic E-state index is 8.87. The Morgan fingerprint density at radius 3 is 0.923 bits per heavy atom. The van der Waals surface area contributed by atoms with Crippen LogP contribution in [0.4, 0.5) is 0 Å². The molecular formula is C8H20O4Si. The topological polar surface area (TPSA) is 80.9 Å². The molecule has 0 aromatic heterocycles. The van der Waals surface area contributed by atoms with Crippen LogP contribution in [0, 0.1) is 0 Å². The molecule has 80 valence electrons. The van der Waals surface area contributed by atoms with Crippen LogP contribution in [0.25, 0.3) is 0 Å². The van der Waals surface area contributed by atoms with Crippen molar-refractivity contribution in [3.8, 4) is 0 Å². The molecule has 0 radical (unpaired) electrons. The first-order chi connectivity index (χ1) is 6.24. The van der Waals surface area contributed by atoms with Gasteiger partial charge in [-0.2, -0.15) is 0 Å². The summed E-state index contributed by atoms with van der Waals surface area (Å²) in [4.78, 5) is 0. The lowest BCUT2D eigenvalue weighted by Crippen LogP contribution is -2.38. The highest BCUT2D eigenvalue weighted by atomic mass is 28.3. The third-order valence-electron chi connectivity index (χ3n) is 2.57. The first-order valence-corrected chi connectivity index (χ1v) is 7.51. The molecule has 0 amide bonds. The molecular weight excluding hydrogens is 188 g/mol. The quantitative estimate of drug-likeness (QED) is 0.402. The average Bonchev–Trinajstić information content (AvgIpc) is 2.06. The number of hydrogen-bond donors (Lipinski definition) is 4. The minimum absolute atomic E-state index is 0.0895. The maximum absolute atomic E-state index is 8.87. The van der Waals surface area contributed by atoms with Crippen molar-refractivity contribution in [3.63, 3.8) is 0 Å². The van der Waals surface area contributed by atoms with Crippen molar-refractivity contribution in [2.45, 2.75) is 24.2 Å². The lowest BCUT2D eigenvalue weighted by molar-refractivity contribution is 0.290. The largest absolute Gasteiger partial charge is 0.397 e. The van der Waals surface area contributed by atoms with Crippen LogP contribution < -0.4 is 0 Å². The first-order valence-electron chi connectivity index (χ1n) is 4.68. The van der Waals surface area contributed by atoms with Crippen LogP contribution in [0.2, 0.25) is 24.2 Å². The first kappa shape index (κ1) is 13.1. The van der Waals surface area contributed by atoms with Gasteiger partial charge < -0.3 is 20.4 Å². The van der Waals surface area contributed by atoms with Gasteiger partial charge in [0.05, 0.1) is 8.07 Å². The normalized spacial score (nSPS) is 12.0. The Morgan fingerprint density at radius 2 is 0.769 bits per heavy atom.